The van der Waals surface area contributed by atoms with Crippen molar-refractivity contribution in [3.05, 3.63) is 11.5 Å². The Morgan fingerprint density at radius 2 is 1.96 bits per heavy atom. The Morgan fingerprint density at radius 3 is 2.50 bits per heavy atom. The maximum atomic E-state index is 12.7. The van der Waals surface area contributed by atoms with Crippen LogP contribution in [0.1, 0.15) is 50.5 Å². The number of unbranched alkanes of at least 4 members (excludes halogenated alkanes) is 2. The number of carbonyl (C=O) groups excluding carboxylic acids is 1. The van der Waals surface area contributed by atoms with Crippen LogP contribution in [-0.2, 0) is 14.8 Å². The first-order valence-electron chi connectivity index (χ1n) is 8.58. The predicted molar refractivity (Wildman–Crippen MR) is 90.0 cm³/mol. The molecule has 1 aliphatic heterocycles. The van der Waals surface area contributed by atoms with E-state index < -0.39 is 10.0 Å². The molecule has 1 aromatic rings. The highest BCUT2D eigenvalue weighted by atomic mass is 32.2. The topological polar surface area (TPSA) is 92.5 Å². The molecule has 1 aliphatic rings. The van der Waals surface area contributed by atoms with Crippen molar-refractivity contribution in [2.24, 2.45) is 5.92 Å². The Bertz CT molecular complexity index is 641. The first-order valence-corrected chi connectivity index (χ1v) is 10.0. The van der Waals surface area contributed by atoms with Crippen LogP contribution >= 0.6 is 0 Å². The van der Waals surface area contributed by atoms with Gasteiger partial charge in [-0.25, -0.2) is 8.42 Å². The molecule has 7 nitrogen and oxygen atoms in total. The molecule has 0 atom stereocenters. The monoisotopic (exact) mass is 357 g/mol. The van der Waals surface area contributed by atoms with Gasteiger partial charge in [0.15, 0.2) is 5.76 Å². The molecule has 0 aromatic carbocycles. The third kappa shape index (κ3) is 4.16. The van der Waals surface area contributed by atoms with Gasteiger partial charge in [0.05, 0.1) is 0 Å². The largest absolute Gasteiger partial charge is 0.360 e. The number of rotatable bonds is 7. The summed E-state index contributed by atoms with van der Waals surface area (Å²) >= 11 is 0. The molecule has 0 unspecified atom stereocenters. The predicted octanol–water partition coefficient (Wildman–Crippen LogP) is 2.00. The normalized spacial score (nSPS) is 17.1. The van der Waals surface area contributed by atoms with Crippen molar-refractivity contribution in [1.29, 1.82) is 0 Å². The number of aryl methyl sites for hydroxylation is 2. The molecule has 0 bridgehead atoms. The van der Waals surface area contributed by atoms with Crippen molar-refractivity contribution < 1.29 is 17.7 Å². The van der Waals surface area contributed by atoms with E-state index in [0.29, 0.717) is 43.9 Å². The maximum absolute atomic E-state index is 12.7. The summed E-state index contributed by atoms with van der Waals surface area (Å²) in [5, 5.41) is 6.68. The van der Waals surface area contributed by atoms with Crippen LogP contribution in [0.3, 0.4) is 0 Å². The van der Waals surface area contributed by atoms with Crippen LogP contribution < -0.4 is 5.32 Å². The second-order valence-corrected chi connectivity index (χ2v) is 8.20. The van der Waals surface area contributed by atoms with E-state index in [1.165, 1.54) is 4.31 Å². The van der Waals surface area contributed by atoms with Crippen LogP contribution in [0.5, 0.6) is 0 Å². The molecule has 1 saturated heterocycles. The first kappa shape index (κ1) is 18.9. The third-order valence-electron chi connectivity index (χ3n) is 4.47. The van der Waals surface area contributed by atoms with Crippen molar-refractivity contribution >= 4 is 15.9 Å². The average Bonchev–Trinajstić information content (AvgIpc) is 2.91. The van der Waals surface area contributed by atoms with Crippen LogP contribution in [0.15, 0.2) is 9.42 Å². The van der Waals surface area contributed by atoms with E-state index >= 15 is 0 Å². The maximum Gasteiger partial charge on any atom is 0.248 e. The molecule has 8 heteroatoms. The van der Waals surface area contributed by atoms with Gasteiger partial charge in [-0.3, -0.25) is 4.79 Å². The quantitative estimate of drug-likeness (QED) is 0.754. The lowest BCUT2D eigenvalue weighted by atomic mass is 9.97. The molecule has 1 fully saturated rings. The van der Waals surface area contributed by atoms with Crippen LogP contribution in [-0.4, -0.2) is 43.4 Å². The van der Waals surface area contributed by atoms with Crippen molar-refractivity contribution in [2.45, 2.75) is 57.8 Å². The number of sulfonamides is 1. The second-order valence-electron chi connectivity index (χ2n) is 6.33. The van der Waals surface area contributed by atoms with Gasteiger partial charge in [-0.05, 0) is 33.1 Å². The minimum Gasteiger partial charge on any atom is -0.360 e. The fourth-order valence-electron chi connectivity index (χ4n) is 3.06. The van der Waals surface area contributed by atoms with E-state index in [0.717, 1.165) is 19.3 Å². The molecule has 2 heterocycles. The molecule has 0 spiro atoms. The number of nitrogens with one attached hydrogen (secondary N) is 1. The van der Waals surface area contributed by atoms with Gasteiger partial charge in [-0.2, -0.15) is 4.31 Å². The summed E-state index contributed by atoms with van der Waals surface area (Å²) in [7, 11) is -3.61. The van der Waals surface area contributed by atoms with Gasteiger partial charge in [-0.1, -0.05) is 24.9 Å². The number of piperidine rings is 1. The molecule has 0 aliphatic carbocycles. The Labute approximate surface area is 143 Å². The molecule has 0 saturated carbocycles. The molecule has 1 N–H and O–H groups in total. The highest BCUT2D eigenvalue weighted by Gasteiger charge is 2.35. The van der Waals surface area contributed by atoms with Gasteiger partial charge in [-0.15, -0.1) is 0 Å². The highest BCUT2D eigenvalue weighted by molar-refractivity contribution is 7.89. The average molecular weight is 357 g/mol. The summed E-state index contributed by atoms with van der Waals surface area (Å²) < 4.78 is 31.9. The molecule has 1 aromatic heterocycles. The summed E-state index contributed by atoms with van der Waals surface area (Å²) in [6, 6.07) is 0. The number of hydrogen-bond acceptors (Lipinski definition) is 5. The van der Waals surface area contributed by atoms with Crippen LogP contribution in [0.25, 0.3) is 0 Å². The minimum atomic E-state index is -3.61. The lowest BCUT2D eigenvalue weighted by molar-refractivity contribution is -0.126. The van der Waals surface area contributed by atoms with Gasteiger partial charge in [0.25, 0.3) is 0 Å². The van der Waals surface area contributed by atoms with Crippen molar-refractivity contribution in [1.82, 2.24) is 14.8 Å². The zero-order valence-corrected chi connectivity index (χ0v) is 15.5. The molecular weight excluding hydrogens is 330 g/mol. The molecular formula is C16H27N3O4S. The zero-order chi connectivity index (χ0) is 17.7. The summed E-state index contributed by atoms with van der Waals surface area (Å²) in [6.45, 7) is 6.74. The number of nitrogens with zero attached hydrogens (tertiary/aromatic N) is 2. The van der Waals surface area contributed by atoms with Crippen LogP contribution in [0.4, 0.5) is 0 Å². The summed E-state index contributed by atoms with van der Waals surface area (Å²) in [5.41, 5.74) is 0.378. The van der Waals surface area contributed by atoms with E-state index in [9.17, 15) is 13.2 Å². The van der Waals surface area contributed by atoms with Gasteiger partial charge in [0.1, 0.15) is 10.6 Å². The number of hydrogen-bond donors (Lipinski definition) is 1. The van der Waals surface area contributed by atoms with Crippen molar-refractivity contribution in [3.63, 3.8) is 0 Å². The van der Waals surface area contributed by atoms with E-state index in [-0.39, 0.29) is 16.7 Å². The molecule has 24 heavy (non-hydrogen) atoms. The second kappa shape index (κ2) is 8.11. The summed E-state index contributed by atoms with van der Waals surface area (Å²) in [4.78, 5) is 12.3. The van der Waals surface area contributed by atoms with Gasteiger partial charge < -0.3 is 9.84 Å². The number of carbonyl (C=O) groups is 1. The zero-order valence-electron chi connectivity index (χ0n) is 14.7. The smallest absolute Gasteiger partial charge is 0.248 e. The van der Waals surface area contributed by atoms with Crippen molar-refractivity contribution in [3.8, 4) is 0 Å². The van der Waals surface area contributed by atoms with Crippen LogP contribution in [0, 0.1) is 19.8 Å². The van der Waals surface area contributed by atoms with E-state index in [4.69, 9.17) is 4.52 Å². The number of aromatic nitrogens is 1. The standard InChI is InChI=1S/C16H27N3O4S/c1-4-5-6-9-17-16(20)14-7-10-19(11-8-14)24(21,22)15-12(2)18-23-13(15)3/h14H,4-11H2,1-3H3,(H,17,20). The molecule has 136 valence electrons. The Kier molecular flexibility index (Phi) is 6.40. The SMILES string of the molecule is CCCCCNC(=O)C1CCN(S(=O)(=O)c2c(C)noc2C)CC1. The van der Waals surface area contributed by atoms with E-state index in [2.05, 4.69) is 17.4 Å². The highest BCUT2D eigenvalue weighted by Crippen LogP contribution is 2.27. The fraction of sp³-hybridized carbons (Fsp3) is 0.750. The summed E-state index contributed by atoms with van der Waals surface area (Å²) in [6.07, 6.45) is 4.30. The van der Waals surface area contributed by atoms with Crippen LogP contribution in [0.2, 0.25) is 0 Å². The van der Waals surface area contributed by atoms with Gasteiger partial charge in [0.2, 0.25) is 15.9 Å². The van der Waals surface area contributed by atoms with E-state index in [1.807, 2.05) is 0 Å². The molecule has 0 radical (unpaired) electrons. The van der Waals surface area contributed by atoms with Gasteiger partial charge >= 0.3 is 0 Å². The lowest BCUT2D eigenvalue weighted by Crippen LogP contribution is -2.43. The summed E-state index contributed by atoms with van der Waals surface area (Å²) in [5.74, 6) is 0.242. The minimum absolute atomic E-state index is 0.0421. The number of amides is 1. The van der Waals surface area contributed by atoms with E-state index in [1.54, 1.807) is 13.8 Å². The third-order valence-corrected chi connectivity index (χ3v) is 6.61. The lowest BCUT2D eigenvalue weighted by Gasteiger charge is -2.30. The first-order chi connectivity index (χ1) is 11.4. The Balaban J connectivity index is 1.92. The molecule has 2 rings (SSSR count). The van der Waals surface area contributed by atoms with Crippen molar-refractivity contribution in [2.75, 3.05) is 19.6 Å². The fourth-order valence-corrected chi connectivity index (χ4v) is 4.82. The Morgan fingerprint density at radius 1 is 1.29 bits per heavy atom. The molecule has 1 amide bonds. The Hall–Kier alpha value is -1.41. The van der Waals surface area contributed by atoms with Gasteiger partial charge in [0, 0.05) is 25.6 Å².